The lowest BCUT2D eigenvalue weighted by atomic mass is 10.3. The Bertz CT molecular complexity index is 882. The monoisotopic (exact) mass is 364 g/mol. The molecule has 0 spiro atoms. The van der Waals surface area contributed by atoms with Crippen molar-refractivity contribution in [3.05, 3.63) is 41.9 Å². The molecule has 1 fully saturated rings. The van der Waals surface area contributed by atoms with Gasteiger partial charge in [-0.1, -0.05) is 6.92 Å². The van der Waals surface area contributed by atoms with E-state index in [-0.39, 0.29) is 22.1 Å². The van der Waals surface area contributed by atoms with Crippen LogP contribution in [0.1, 0.15) is 36.1 Å². The molecule has 25 heavy (non-hydrogen) atoms. The van der Waals surface area contributed by atoms with Crippen molar-refractivity contribution in [2.24, 2.45) is 0 Å². The topological polar surface area (TPSA) is 99.9 Å². The lowest BCUT2D eigenvalue weighted by Gasteiger charge is -2.16. The maximum absolute atomic E-state index is 12.6. The normalized spacial score (nSPS) is 15.4. The summed E-state index contributed by atoms with van der Waals surface area (Å²) in [5.41, 5.74) is 0.0275. The van der Waals surface area contributed by atoms with Crippen LogP contribution in [0.5, 0.6) is 5.75 Å². The fraction of sp³-hybridized carbons (Fsp3) is 0.353. The molecule has 0 bridgehead atoms. The number of nitrogens with one attached hydrogen (secondary N) is 1. The first-order valence-corrected chi connectivity index (χ1v) is 9.59. The number of nitrogens with zero attached hydrogens (tertiary/aromatic N) is 1. The molecule has 1 aromatic heterocycles. The first-order chi connectivity index (χ1) is 11.9. The molecular weight excluding hydrogens is 344 g/mol. The van der Waals surface area contributed by atoms with Crippen LogP contribution in [0.4, 0.5) is 5.69 Å². The maximum atomic E-state index is 12.6. The van der Waals surface area contributed by atoms with E-state index < -0.39 is 15.9 Å². The molecule has 8 heteroatoms. The fourth-order valence-electron chi connectivity index (χ4n) is 2.73. The summed E-state index contributed by atoms with van der Waals surface area (Å²) in [6.07, 6.45) is 2.32. The number of rotatable bonds is 5. The highest BCUT2D eigenvalue weighted by Crippen LogP contribution is 2.29. The van der Waals surface area contributed by atoms with Crippen LogP contribution >= 0.6 is 0 Å². The van der Waals surface area contributed by atoms with Gasteiger partial charge in [-0.3, -0.25) is 4.79 Å². The van der Waals surface area contributed by atoms with Crippen molar-refractivity contribution in [3.63, 3.8) is 0 Å². The molecule has 0 radical (unpaired) electrons. The number of phenolic OH excluding ortho intramolecular Hbond substituents is 1. The second-order valence-electron chi connectivity index (χ2n) is 5.86. The first kappa shape index (κ1) is 17.5. The maximum Gasteiger partial charge on any atom is 0.291 e. The van der Waals surface area contributed by atoms with Crippen molar-refractivity contribution in [2.45, 2.75) is 31.1 Å². The van der Waals surface area contributed by atoms with Crippen molar-refractivity contribution in [2.75, 3.05) is 18.4 Å². The number of hydrogen-bond donors (Lipinski definition) is 2. The van der Waals surface area contributed by atoms with E-state index in [1.54, 1.807) is 6.07 Å². The molecule has 2 N–H and O–H groups in total. The predicted octanol–water partition coefficient (Wildman–Crippen LogP) is 2.58. The molecule has 2 aromatic rings. The van der Waals surface area contributed by atoms with Crippen molar-refractivity contribution >= 4 is 21.6 Å². The van der Waals surface area contributed by atoms with Crippen LogP contribution in [-0.2, 0) is 16.4 Å². The number of hydrogen-bond acceptors (Lipinski definition) is 5. The van der Waals surface area contributed by atoms with E-state index in [0.29, 0.717) is 25.3 Å². The van der Waals surface area contributed by atoms with Gasteiger partial charge in [-0.05, 0) is 43.2 Å². The third-order valence-electron chi connectivity index (χ3n) is 4.15. The van der Waals surface area contributed by atoms with E-state index in [4.69, 9.17) is 4.42 Å². The zero-order valence-electron chi connectivity index (χ0n) is 13.9. The zero-order valence-corrected chi connectivity index (χ0v) is 14.7. The Morgan fingerprint density at radius 1 is 1.24 bits per heavy atom. The van der Waals surface area contributed by atoms with Gasteiger partial charge in [0.25, 0.3) is 5.91 Å². The second kappa shape index (κ2) is 6.89. The number of carbonyl (C=O) groups excluding carboxylic acids is 1. The summed E-state index contributed by atoms with van der Waals surface area (Å²) in [6, 6.07) is 7.10. The van der Waals surface area contributed by atoms with Crippen LogP contribution in [0, 0.1) is 0 Å². The minimum Gasteiger partial charge on any atom is -0.506 e. The second-order valence-corrected chi connectivity index (χ2v) is 7.80. The first-order valence-electron chi connectivity index (χ1n) is 8.15. The standard InChI is InChI=1S/C17H20N2O5S/c1-2-12-5-8-16(24-12)17(21)18-14-11-13(6-7-15(14)20)25(22,23)19-9-3-4-10-19/h5-8,11,20H,2-4,9-10H2,1H3,(H,18,21). The molecule has 1 aromatic carbocycles. The number of amides is 1. The number of carbonyl (C=O) groups is 1. The summed E-state index contributed by atoms with van der Waals surface area (Å²) in [7, 11) is -3.63. The fourth-order valence-corrected chi connectivity index (χ4v) is 4.27. The summed E-state index contributed by atoms with van der Waals surface area (Å²) in [5.74, 6) is 0.00509. The van der Waals surface area contributed by atoms with Crippen LogP contribution < -0.4 is 5.32 Å². The number of phenols is 1. The summed E-state index contributed by atoms with van der Waals surface area (Å²) < 4.78 is 32.0. The number of benzene rings is 1. The Labute approximate surface area is 146 Å². The summed E-state index contributed by atoms with van der Waals surface area (Å²) in [6.45, 7) is 2.87. The molecule has 0 aliphatic carbocycles. The van der Waals surface area contributed by atoms with Gasteiger partial charge in [0.1, 0.15) is 11.5 Å². The highest BCUT2D eigenvalue weighted by atomic mass is 32.2. The zero-order chi connectivity index (χ0) is 18.0. The molecule has 1 aliphatic rings. The van der Waals surface area contributed by atoms with Gasteiger partial charge in [-0.2, -0.15) is 4.31 Å². The SMILES string of the molecule is CCc1ccc(C(=O)Nc2cc(S(=O)(=O)N3CCCC3)ccc2O)o1. The molecule has 1 amide bonds. The van der Waals surface area contributed by atoms with Gasteiger partial charge in [0.05, 0.1) is 10.6 Å². The van der Waals surface area contributed by atoms with E-state index in [2.05, 4.69) is 5.32 Å². The molecule has 3 rings (SSSR count). The van der Waals surface area contributed by atoms with Gasteiger partial charge in [0, 0.05) is 19.5 Å². The van der Waals surface area contributed by atoms with Gasteiger partial charge in [-0.15, -0.1) is 0 Å². The molecule has 0 unspecified atom stereocenters. The number of aryl methyl sites for hydroxylation is 1. The Balaban J connectivity index is 1.85. The largest absolute Gasteiger partial charge is 0.506 e. The summed E-state index contributed by atoms with van der Waals surface area (Å²) in [5, 5.41) is 12.5. The molecule has 0 saturated carbocycles. The molecule has 134 valence electrons. The Kier molecular flexibility index (Phi) is 4.82. The average Bonchev–Trinajstić information content (AvgIpc) is 3.28. The van der Waals surface area contributed by atoms with Crippen LogP contribution in [0.15, 0.2) is 39.6 Å². The summed E-state index contributed by atoms with van der Waals surface area (Å²) in [4.78, 5) is 12.3. The highest BCUT2D eigenvalue weighted by Gasteiger charge is 2.28. The molecular formula is C17H20N2O5S. The van der Waals surface area contributed by atoms with Crippen LogP contribution in [0.3, 0.4) is 0 Å². The number of sulfonamides is 1. The van der Waals surface area contributed by atoms with E-state index in [1.165, 1.54) is 28.6 Å². The molecule has 2 heterocycles. The van der Waals surface area contributed by atoms with Crippen LogP contribution in [0.2, 0.25) is 0 Å². The van der Waals surface area contributed by atoms with Crippen molar-refractivity contribution in [1.29, 1.82) is 0 Å². The molecule has 1 saturated heterocycles. The minimum absolute atomic E-state index is 0.0275. The molecule has 7 nitrogen and oxygen atoms in total. The lowest BCUT2D eigenvalue weighted by molar-refractivity contribution is 0.0994. The van der Waals surface area contributed by atoms with Gasteiger partial charge < -0.3 is 14.8 Å². The third-order valence-corrected chi connectivity index (χ3v) is 6.05. The van der Waals surface area contributed by atoms with Crippen LogP contribution in [0.25, 0.3) is 0 Å². The molecule has 0 atom stereocenters. The Morgan fingerprint density at radius 2 is 1.96 bits per heavy atom. The minimum atomic E-state index is -3.63. The van der Waals surface area contributed by atoms with E-state index >= 15 is 0 Å². The lowest BCUT2D eigenvalue weighted by Crippen LogP contribution is -2.27. The van der Waals surface area contributed by atoms with Crippen molar-refractivity contribution in [1.82, 2.24) is 4.31 Å². The van der Waals surface area contributed by atoms with Gasteiger partial charge >= 0.3 is 0 Å². The molecule has 1 aliphatic heterocycles. The van der Waals surface area contributed by atoms with E-state index in [9.17, 15) is 18.3 Å². The van der Waals surface area contributed by atoms with Gasteiger partial charge in [0.15, 0.2) is 5.76 Å². The van der Waals surface area contributed by atoms with Crippen molar-refractivity contribution < 1.29 is 22.7 Å². The average molecular weight is 364 g/mol. The quantitative estimate of drug-likeness (QED) is 0.795. The third kappa shape index (κ3) is 3.54. The van der Waals surface area contributed by atoms with E-state index in [0.717, 1.165) is 12.8 Å². The highest BCUT2D eigenvalue weighted by molar-refractivity contribution is 7.89. The van der Waals surface area contributed by atoms with Crippen LogP contribution in [-0.4, -0.2) is 36.8 Å². The Hall–Kier alpha value is -2.32. The number of furan rings is 1. The van der Waals surface area contributed by atoms with E-state index in [1.807, 2.05) is 6.92 Å². The smallest absolute Gasteiger partial charge is 0.291 e. The predicted molar refractivity (Wildman–Crippen MR) is 92.1 cm³/mol. The van der Waals surface area contributed by atoms with Gasteiger partial charge in [-0.25, -0.2) is 8.42 Å². The number of anilines is 1. The van der Waals surface area contributed by atoms with Crippen molar-refractivity contribution in [3.8, 4) is 5.75 Å². The van der Waals surface area contributed by atoms with Gasteiger partial charge in [0.2, 0.25) is 10.0 Å². The summed E-state index contributed by atoms with van der Waals surface area (Å²) >= 11 is 0. The Morgan fingerprint density at radius 3 is 2.60 bits per heavy atom. The number of aromatic hydroxyl groups is 1.